The molecule has 0 saturated heterocycles. The smallest absolute Gasteiger partial charge is 0.466 e. The van der Waals surface area contributed by atoms with E-state index in [-0.39, 0.29) is 17.5 Å². The number of carbonyl (C=O) groups is 1. The number of para-hydroxylation sites is 1. The molecule has 9 heteroatoms. The summed E-state index contributed by atoms with van der Waals surface area (Å²) >= 11 is 0. The first-order valence-corrected chi connectivity index (χ1v) is 5.14. The summed E-state index contributed by atoms with van der Waals surface area (Å²) in [7, 11) is -4.64. The largest absolute Gasteiger partial charge is 0.507 e. The van der Waals surface area contributed by atoms with Crippen molar-refractivity contribution in [2.45, 2.75) is 0 Å². The van der Waals surface area contributed by atoms with Crippen LogP contribution in [0.2, 0.25) is 0 Å². The van der Waals surface area contributed by atoms with Crippen molar-refractivity contribution in [3.63, 3.8) is 0 Å². The second-order valence-electron chi connectivity index (χ2n) is 2.39. The maximum Gasteiger partial charge on any atom is 0.466 e. The van der Waals surface area contributed by atoms with Gasteiger partial charge in [-0.15, -0.1) is 0 Å². The van der Waals surface area contributed by atoms with Gasteiger partial charge in [-0.25, -0.2) is 4.57 Å². The zero-order chi connectivity index (χ0) is 12.1. The molecule has 8 nitrogen and oxygen atoms in total. The van der Waals surface area contributed by atoms with Gasteiger partial charge in [-0.05, 0) is 12.1 Å². The summed E-state index contributed by atoms with van der Waals surface area (Å²) in [5.74, 6) is -0.687. The topological polar surface area (TPSA) is 176 Å². The third-order valence-electron chi connectivity index (χ3n) is 1.17. The third-order valence-corrected chi connectivity index (χ3v) is 1.17. The van der Waals surface area contributed by atoms with Crippen molar-refractivity contribution in [3.8, 4) is 5.75 Å². The average Bonchev–Trinajstić information content (AvgIpc) is 2.01. The standard InChI is InChI=1S/C7H7NO2.H3N.H3O4P/c8-7(10)5-3-1-2-4-6(5)9;;1-5(2,3)4/h1-4,9H,(H2,8,10);1H3;(H3,1,2,3,4). The molecule has 1 aromatic carbocycles. The van der Waals surface area contributed by atoms with Crippen LogP contribution in [0.15, 0.2) is 24.3 Å². The van der Waals surface area contributed by atoms with E-state index in [0.717, 1.165) is 0 Å². The summed E-state index contributed by atoms with van der Waals surface area (Å²) in [6, 6.07) is 6.15. The highest BCUT2D eigenvalue weighted by atomic mass is 31.2. The molecular formula is C7H13N2O6P. The van der Waals surface area contributed by atoms with Crippen LogP contribution in [0, 0.1) is 0 Å². The molecular weight excluding hydrogens is 239 g/mol. The van der Waals surface area contributed by atoms with Crippen LogP contribution in [-0.2, 0) is 4.57 Å². The van der Waals surface area contributed by atoms with Gasteiger partial charge in [0.25, 0.3) is 5.91 Å². The number of phenols is 1. The Labute approximate surface area is 91.2 Å². The second kappa shape index (κ2) is 6.94. The van der Waals surface area contributed by atoms with E-state index in [9.17, 15) is 4.79 Å². The number of carbonyl (C=O) groups excluding carboxylic acids is 1. The molecule has 1 aromatic rings. The Balaban J connectivity index is 0. The maximum absolute atomic E-state index is 10.5. The van der Waals surface area contributed by atoms with Crippen LogP contribution >= 0.6 is 7.82 Å². The molecule has 0 spiro atoms. The summed E-state index contributed by atoms with van der Waals surface area (Å²) < 4.78 is 8.88. The lowest BCUT2D eigenvalue weighted by atomic mass is 10.2. The van der Waals surface area contributed by atoms with Gasteiger partial charge in [0, 0.05) is 0 Å². The molecule has 0 saturated carbocycles. The molecule has 0 radical (unpaired) electrons. The predicted molar refractivity (Wildman–Crippen MR) is 55.9 cm³/mol. The highest BCUT2D eigenvalue weighted by Gasteiger charge is 2.03. The molecule has 1 rings (SSSR count). The van der Waals surface area contributed by atoms with Crippen LogP contribution in [0.4, 0.5) is 0 Å². The van der Waals surface area contributed by atoms with Crippen molar-refractivity contribution in [3.05, 3.63) is 29.8 Å². The lowest BCUT2D eigenvalue weighted by Crippen LogP contribution is -2.10. The van der Waals surface area contributed by atoms with Crippen molar-refractivity contribution in [1.82, 2.24) is 6.15 Å². The molecule has 0 aliphatic rings. The quantitative estimate of drug-likeness (QED) is 0.372. The van der Waals surface area contributed by atoms with E-state index < -0.39 is 13.7 Å². The minimum Gasteiger partial charge on any atom is -0.507 e. The number of primary amides is 1. The summed E-state index contributed by atoms with van der Waals surface area (Å²) in [4.78, 5) is 32.0. The summed E-state index contributed by atoms with van der Waals surface area (Å²) in [5, 5.41) is 8.98. The predicted octanol–water partition coefficient (Wildman–Crippen LogP) is -0.276. The van der Waals surface area contributed by atoms with Gasteiger partial charge >= 0.3 is 7.82 Å². The summed E-state index contributed by atoms with van der Waals surface area (Å²) in [6.07, 6.45) is 0. The van der Waals surface area contributed by atoms with E-state index in [0.29, 0.717) is 0 Å². The number of phosphoric acid groups is 1. The van der Waals surface area contributed by atoms with Crippen molar-refractivity contribution < 1.29 is 29.1 Å². The van der Waals surface area contributed by atoms with Crippen LogP contribution < -0.4 is 11.9 Å². The summed E-state index contributed by atoms with van der Waals surface area (Å²) in [5.41, 5.74) is 5.07. The molecule has 0 heterocycles. The first-order valence-electron chi connectivity index (χ1n) is 3.58. The monoisotopic (exact) mass is 252 g/mol. The van der Waals surface area contributed by atoms with Gasteiger partial charge < -0.3 is 31.7 Å². The van der Waals surface area contributed by atoms with E-state index in [4.69, 9.17) is 30.1 Å². The van der Waals surface area contributed by atoms with E-state index in [1.807, 2.05) is 0 Å². The molecule has 0 fully saturated rings. The Kier molecular flexibility index (Phi) is 7.36. The van der Waals surface area contributed by atoms with Gasteiger partial charge in [-0.1, -0.05) is 12.1 Å². The van der Waals surface area contributed by atoms with Crippen LogP contribution in [-0.4, -0.2) is 25.7 Å². The van der Waals surface area contributed by atoms with Gasteiger partial charge in [-0.2, -0.15) is 0 Å². The number of hydrogen-bond acceptors (Lipinski definition) is 4. The Bertz CT molecular complexity index is 382. The fourth-order valence-corrected chi connectivity index (χ4v) is 0.682. The van der Waals surface area contributed by atoms with Gasteiger partial charge in [-0.3, -0.25) is 4.79 Å². The van der Waals surface area contributed by atoms with Crippen molar-refractivity contribution in [2.75, 3.05) is 0 Å². The minimum atomic E-state index is -4.64. The fraction of sp³-hybridized carbons (Fsp3) is 0. The number of benzene rings is 1. The van der Waals surface area contributed by atoms with E-state index in [1.165, 1.54) is 12.1 Å². The normalized spacial score (nSPS) is 9.44. The van der Waals surface area contributed by atoms with Crippen molar-refractivity contribution >= 4 is 13.7 Å². The molecule has 0 aliphatic heterocycles. The van der Waals surface area contributed by atoms with Crippen LogP contribution in [0.1, 0.15) is 10.4 Å². The molecule has 0 unspecified atom stereocenters. The highest BCUT2D eigenvalue weighted by Crippen LogP contribution is 2.25. The second-order valence-corrected chi connectivity index (χ2v) is 3.42. The molecule has 0 bridgehead atoms. The van der Waals surface area contributed by atoms with E-state index in [1.54, 1.807) is 12.1 Å². The number of rotatable bonds is 1. The number of hydrogen-bond donors (Lipinski definition) is 6. The first-order chi connectivity index (χ1) is 6.72. The van der Waals surface area contributed by atoms with Crippen molar-refractivity contribution in [2.24, 2.45) is 5.73 Å². The van der Waals surface area contributed by atoms with Gasteiger partial charge in [0.05, 0.1) is 5.56 Å². The van der Waals surface area contributed by atoms with E-state index >= 15 is 0 Å². The average molecular weight is 252 g/mol. The Morgan fingerprint density at radius 3 is 1.81 bits per heavy atom. The lowest BCUT2D eigenvalue weighted by molar-refractivity contribution is 0.0997. The van der Waals surface area contributed by atoms with Crippen LogP contribution in [0.3, 0.4) is 0 Å². The number of aromatic hydroxyl groups is 1. The SMILES string of the molecule is N.NC(=O)c1ccccc1O.O=P(O)(O)O. The minimum absolute atomic E-state index is 0. The van der Waals surface area contributed by atoms with Crippen LogP contribution in [0.25, 0.3) is 0 Å². The molecule has 0 atom stereocenters. The summed E-state index contributed by atoms with van der Waals surface area (Å²) in [6.45, 7) is 0. The fourth-order valence-electron chi connectivity index (χ4n) is 0.682. The molecule has 9 N–H and O–H groups in total. The molecule has 0 aliphatic carbocycles. The van der Waals surface area contributed by atoms with Gasteiger partial charge in [0.2, 0.25) is 0 Å². The molecule has 0 aromatic heterocycles. The molecule has 1 amide bonds. The Morgan fingerprint density at radius 1 is 1.19 bits per heavy atom. The maximum atomic E-state index is 10.5. The van der Waals surface area contributed by atoms with E-state index in [2.05, 4.69) is 0 Å². The molecule has 92 valence electrons. The zero-order valence-corrected chi connectivity index (χ0v) is 9.04. The number of nitrogens with two attached hydrogens (primary N) is 1. The Hall–Kier alpha value is -1.44. The highest BCUT2D eigenvalue weighted by molar-refractivity contribution is 7.45. The van der Waals surface area contributed by atoms with Crippen molar-refractivity contribution in [1.29, 1.82) is 0 Å². The number of amides is 1. The van der Waals surface area contributed by atoms with Crippen LogP contribution in [0.5, 0.6) is 5.75 Å². The third kappa shape index (κ3) is 9.13. The first kappa shape index (κ1) is 17.0. The zero-order valence-electron chi connectivity index (χ0n) is 8.15. The van der Waals surface area contributed by atoms with Gasteiger partial charge in [0.15, 0.2) is 0 Å². The molecule has 16 heavy (non-hydrogen) atoms. The Morgan fingerprint density at radius 2 is 1.56 bits per heavy atom. The lowest BCUT2D eigenvalue weighted by Gasteiger charge is -1.96. The van der Waals surface area contributed by atoms with Gasteiger partial charge in [0.1, 0.15) is 5.75 Å².